The maximum atomic E-state index is 5.35. The molecule has 1 aromatic heterocycles. The second-order valence-electron chi connectivity index (χ2n) is 4.40. The normalized spacial score (nSPS) is 18.0. The highest BCUT2D eigenvalue weighted by atomic mass is 16.5. The van der Waals surface area contributed by atoms with Gasteiger partial charge in [0.2, 0.25) is 5.88 Å². The molecule has 5 nitrogen and oxygen atoms in total. The van der Waals surface area contributed by atoms with Crippen LogP contribution in [0.2, 0.25) is 0 Å². The average Bonchev–Trinajstić information content (AvgIpc) is 2.33. The Morgan fingerprint density at radius 2 is 2.18 bits per heavy atom. The molecule has 0 spiro atoms. The van der Waals surface area contributed by atoms with E-state index in [-0.39, 0.29) is 0 Å². The zero-order valence-electron chi connectivity index (χ0n) is 10.5. The van der Waals surface area contributed by atoms with Gasteiger partial charge in [0.25, 0.3) is 0 Å². The van der Waals surface area contributed by atoms with Crippen molar-refractivity contribution < 1.29 is 4.74 Å². The van der Waals surface area contributed by atoms with E-state index in [0.29, 0.717) is 18.5 Å². The molecule has 2 heterocycles. The van der Waals surface area contributed by atoms with Crippen molar-refractivity contribution in [3.05, 3.63) is 12.4 Å². The number of aromatic nitrogens is 2. The Kier molecular flexibility index (Phi) is 4.14. The summed E-state index contributed by atoms with van der Waals surface area (Å²) in [6.45, 7) is 4.86. The number of hydrogen-bond acceptors (Lipinski definition) is 5. The van der Waals surface area contributed by atoms with E-state index < -0.39 is 0 Å². The zero-order chi connectivity index (χ0) is 12.1. The molecule has 0 aliphatic carbocycles. The standard InChI is InChI=1S/C12H20N4O/c1-3-17-12-8-11(13-9-14-12)15-10-4-6-16(2)7-5-10/h8-10H,3-7H2,1-2H3,(H,13,14,15). The molecule has 0 unspecified atom stereocenters. The fourth-order valence-electron chi connectivity index (χ4n) is 2.01. The van der Waals surface area contributed by atoms with Crippen molar-refractivity contribution in [3.63, 3.8) is 0 Å². The first kappa shape index (κ1) is 12.1. The van der Waals surface area contributed by atoms with Crippen LogP contribution in [0.15, 0.2) is 12.4 Å². The largest absolute Gasteiger partial charge is 0.478 e. The van der Waals surface area contributed by atoms with Crippen molar-refractivity contribution in [2.45, 2.75) is 25.8 Å². The summed E-state index contributed by atoms with van der Waals surface area (Å²) in [6.07, 6.45) is 3.86. The van der Waals surface area contributed by atoms with Crippen molar-refractivity contribution in [3.8, 4) is 5.88 Å². The van der Waals surface area contributed by atoms with Crippen molar-refractivity contribution >= 4 is 5.82 Å². The maximum absolute atomic E-state index is 5.35. The number of nitrogens with one attached hydrogen (secondary N) is 1. The number of hydrogen-bond donors (Lipinski definition) is 1. The van der Waals surface area contributed by atoms with Gasteiger partial charge in [-0.2, -0.15) is 0 Å². The third kappa shape index (κ3) is 3.56. The van der Waals surface area contributed by atoms with Gasteiger partial charge in [0.1, 0.15) is 12.1 Å². The van der Waals surface area contributed by atoms with Gasteiger partial charge in [-0.05, 0) is 39.9 Å². The second-order valence-corrected chi connectivity index (χ2v) is 4.40. The zero-order valence-corrected chi connectivity index (χ0v) is 10.5. The first-order valence-electron chi connectivity index (χ1n) is 6.18. The van der Waals surface area contributed by atoms with Gasteiger partial charge in [-0.1, -0.05) is 0 Å². The van der Waals surface area contributed by atoms with Gasteiger partial charge in [0.05, 0.1) is 6.61 Å². The van der Waals surface area contributed by atoms with Crippen LogP contribution in [0.1, 0.15) is 19.8 Å². The SMILES string of the molecule is CCOc1cc(NC2CCN(C)CC2)ncn1. The number of rotatable bonds is 4. The van der Waals surface area contributed by atoms with Gasteiger partial charge in [-0.25, -0.2) is 9.97 Å². The van der Waals surface area contributed by atoms with E-state index in [9.17, 15) is 0 Å². The first-order valence-corrected chi connectivity index (χ1v) is 6.18. The van der Waals surface area contributed by atoms with Crippen LogP contribution >= 0.6 is 0 Å². The summed E-state index contributed by atoms with van der Waals surface area (Å²) in [5, 5.41) is 3.44. The van der Waals surface area contributed by atoms with Crippen LogP contribution in [0, 0.1) is 0 Å². The van der Waals surface area contributed by atoms with E-state index in [1.807, 2.05) is 13.0 Å². The molecule has 0 amide bonds. The monoisotopic (exact) mass is 236 g/mol. The predicted molar refractivity (Wildman–Crippen MR) is 67.3 cm³/mol. The fraction of sp³-hybridized carbons (Fsp3) is 0.667. The minimum Gasteiger partial charge on any atom is -0.478 e. The molecule has 1 saturated heterocycles. The molecular weight excluding hydrogens is 216 g/mol. The van der Waals surface area contributed by atoms with Crippen LogP contribution in [0.5, 0.6) is 5.88 Å². The molecule has 0 atom stereocenters. The van der Waals surface area contributed by atoms with E-state index in [1.54, 1.807) is 6.33 Å². The minimum atomic E-state index is 0.510. The predicted octanol–water partition coefficient (Wildman–Crippen LogP) is 1.38. The van der Waals surface area contributed by atoms with Gasteiger partial charge >= 0.3 is 0 Å². The molecule has 0 radical (unpaired) electrons. The Morgan fingerprint density at radius 3 is 2.88 bits per heavy atom. The van der Waals surface area contributed by atoms with Crippen LogP contribution in [-0.2, 0) is 0 Å². The number of ether oxygens (including phenoxy) is 1. The summed E-state index contributed by atoms with van der Waals surface area (Å²) in [4.78, 5) is 10.6. The quantitative estimate of drug-likeness (QED) is 0.856. The summed E-state index contributed by atoms with van der Waals surface area (Å²) in [5.41, 5.74) is 0. The van der Waals surface area contributed by atoms with Crippen LogP contribution in [0.3, 0.4) is 0 Å². The number of likely N-dealkylation sites (tertiary alicyclic amines) is 1. The van der Waals surface area contributed by atoms with Crippen molar-refractivity contribution in [2.24, 2.45) is 0 Å². The molecule has 17 heavy (non-hydrogen) atoms. The smallest absolute Gasteiger partial charge is 0.218 e. The molecule has 1 fully saturated rings. The van der Waals surface area contributed by atoms with E-state index in [1.165, 1.54) is 0 Å². The van der Waals surface area contributed by atoms with Crippen LogP contribution < -0.4 is 10.1 Å². The number of nitrogens with zero attached hydrogens (tertiary/aromatic N) is 3. The molecule has 2 rings (SSSR count). The van der Waals surface area contributed by atoms with Crippen LogP contribution in [0.4, 0.5) is 5.82 Å². The molecule has 1 aromatic rings. The van der Waals surface area contributed by atoms with E-state index >= 15 is 0 Å². The van der Waals surface area contributed by atoms with Gasteiger partial charge in [-0.15, -0.1) is 0 Å². The molecule has 0 saturated carbocycles. The third-order valence-electron chi connectivity index (χ3n) is 3.00. The average molecular weight is 236 g/mol. The fourth-order valence-corrected chi connectivity index (χ4v) is 2.01. The highest BCUT2D eigenvalue weighted by molar-refractivity contribution is 5.38. The molecule has 1 aliphatic rings. The minimum absolute atomic E-state index is 0.510. The topological polar surface area (TPSA) is 50.3 Å². The lowest BCUT2D eigenvalue weighted by atomic mass is 10.1. The Hall–Kier alpha value is -1.36. The highest BCUT2D eigenvalue weighted by Crippen LogP contribution is 2.16. The maximum Gasteiger partial charge on any atom is 0.218 e. The van der Waals surface area contributed by atoms with Crippen molar-refractivity contribution in [2.75, 3.05) is 32.1 Å². The summed E-state index contributed by atoms with van der Waals surface area (Å²) in [6, 6.07) is 2.37. The van der Waals surface area contributed by atoms with Gasteiger partial charge in [0, 0.05) is 12.1 Å². The van der Waals surface area contributed by atoms with Crippen molar-refractivity contribution in [1.29, 1.82) is 0 Å². The lowest BCUT2D eigenvalue weighted by molar-refractivity contribution is 0.263. The molecule has 0 bridgehead atoms. The molecule has 94 valence electrons. The van der Waals surface area contributed by atoms with Gasteiger partial charge < -0.3 is 15.0 Å². The van der Waals surface area contributed by atoms with E-state index in [4.69, 9.17) is 4.74 Å². The lowest BCUT2D eigenvalue weighted by Crippen LogP contribution is -2.36. The Balaban J connectivity index is 1.91. The lowest BCUT2D eigenvalue weighted by Gasteiger charge is -2.29. The van der Waals surface area contributed by atoms with E-state index in [0.717, 1.165) is 31.7 Å². The Labute approximate surface area is 102 Å². The Bertz CT molecular complexity index is 350. The van der Waals surface area contributed by atoms with Crippen molar-refractivity contribution in [1.82, 2.24) is 14.9 Å². The molecule has 5 heteroatoms. The molecule has 0 aromatic carbocycles. The Morgan fingerprint density at radius 1 is 1.41 bits per heavy atom. The number of piperidine rings is 1. The summed E-state index contributed by atoms with van der Waals surface area (Å²) >= 11 is 0. The van der Waals surface area contributed by atoms with Gasteiger partial charge in [-0.3, -0.25) is 0 Å². The van der Waals surface area contributed by atoms with Crippen LogP contribution in [-0.4, -0.2) is 47.7 Å². The summed E-state index contributed by atoms with van der Waals surface area (Å²) in [5.74, 6) is 1.50. The molecule has 1 aliphatic heterocycles. The number of anilines is 1. The summed E-state index contributed by atoms with van der Waals surface area (Å²) < 4.78 is 5.35. The molecule has 1 N–H and O–H groups in total. The third-order valence-corrected chi connectivity index (χ3v) is 3.00. The molecular formula is C12H20N4O. The van der Waals surface area contributed by atoms with Crippen LogP contribution in [0.25, 0.3) is 0 Å². The first-order chi connectivity index (χ1) is 8.28. The van der Waals surface area contributed by atoms with E-state index in [2.05, 4.69) is 27.2 Å². The second kappa shape index (κ2) is 5.82. The summed E-state index contributed by atoms with van der Waals surface area (Å²) in [7, 11) is 2.16. The van der Waals surface area contributed by atoms with Gasteiger partial charge in [0.15, 0.2) is 0 Å². The highest BCUT2D eigenvalue weighted by Gasteiger charge is 2.16.